The van der Waals surface area contributed by atoms with Gasteiger partial charge in [-0.25, -0.2) is 0 Å². The van der Waals surface area contributed by atoms with E-state index in [1.165, 1.54) is 44.8 Å². The Hall–Kier alpha value is -1.49. The second kappa shape index (κ2) is 10.6. The number of hydrogen-bond acceptors (Lipinski definition) is 3. The molecule has 0 saturated carbocycles. The van der Waals surface area contributed by atoms with E-state index in [1.807, 2.05) is 0 Å². The molecule has 4 heteroatoms. The van der Waals surface area contributed by atoms with E-state index in [2.05, 4.69) is 81.8 Å². The van der Waals surface area contributed by atoms with E-state index in [0.29, 0.717) is 0 Å². The van der Waals surface area contributed by atoms with Crippen molar-refractivity contribution in [1.82, 2.24) is 5.32 Å². The number of rotatable bonds is 8. The van der Waals surface area contributed by atoms with Gasteiger partial charge in [0.05, 0.1) is 0 Å². The van der Waals surface area contributed by atoms with Crippen molar-refractivity contribution < 1.29 is 16.8 Å². The number of nitrogens with one attached hydrogen (secondary N) is 3. The molecule has 2 rings (SSSR count). The summed E-state index contributed by atoms with van der Waals surface area (Å²) < 4.78 is 0. The zero-order chi connectivity index (χ0) is 18.4. The first-order chi connectivity index (χ1) is 11.9. The van der Waals surface area contributed by atoms with E-state index in [4.69, 9.17) is 0 Å². The predicted octanol–water partition coefficient (Wildman–Crippen LogP) is 4.65. The van der Waals surface area contributed by atoms with Gasteiger partial charge >= 0.3 is 0 Å². The summed E-state index contributed by atoms with van der Waals surface area (Å²) >= 11 is 0. The maximum absolute atomic E-state index is 3.56. The van der Waals surface area contributed by atoms with Crippen LogP contribution in [0, 0.1) is 41.5 Å². The molecule has 0 amide bonds. The van der Waals surface area contributed by atoms with E-state index in [9.17, 15) is 0 Å². The van der Waals surface area contributed by atoms with E-state index in [0.717, 1.165) is 26.2 Å². The second-order valence-electron chi connectivity index (χ2n) is 7.15. The average Bonchev–Trinajstić information content (AvgIpc) is 2.50. The van der Waals surface area contributed by atoms with Crippen molar-refractivity contribution in [3.05, 3.63) is 57.6 Å². The summed E-state index contributed by atoms with van der Waals surface area (Å²) in [6, 6.07) is 8.94. The molecule has 0 aliphatic heterocycles. The maximum atomic E-state index is 3.56. The van der Waals surface area contributed by atoms with Crippen molar-refractivity contribution in [2.24, 2.45) is 0 Å². The van der Waals surface area contributed by atoms with Gasteiger partial charge < -0.3 is 16.0 Å². The third-order valence-corrected chi connectivity index (χ3v) is 4.56. The van der Waals surface area contributed by atoms with Crippen LogP contribution >= 0.6 is 0 Å². The summed E-state index contributed by atoms with van der Waals surface area (Å²) in [7, 11) is 0. The first-order valence-electron chi connectivity index (χ1n) is 9.22. The molecular weight excluding hydrogens is 365 g/mol. The molecule has 26 heavy (non-hydrogen) atoms. The van der Waals surface area contributed by atoms with Gasteiger partial charge in [-0.2, -0.15) is 0 Å². The molecule has 0 heterocycles. The number of aryl methyl sites for hydroxylation is 6. The van der Waals surface area contributed by atoms with Gasteiger partial charge in [-0.05, 0) is 63.8 Å². The SMILES string of the molecule is Cc1cc(C)c(NCCNCCNc2c(C)cc(C)cc2C)c(C)c1.[Co]. The topological polar surface area (TPSA) is 36.1 Å². The van der Waals surface area contributed by atoms with Crippen molar-refractivity contribution in [3.8, 4) is 0 Å². The van der Waals surface area contributed by atoms with Crippen molar-refractivity contribution >= 4 is 11.4 Å². The molecule has 0 spiro atoms. The first-order valence-corrected chi connectivity index (χ1v) is 9.22. The summed E-state index contributed by atoms with van der Waals surface area (Å²) in [5.74, 6) is 0. The third kappa shape index (κ3) is 6.34. The summed E-state index contributed by atoms with van der Waals surface area (Å²) in [6.45, 7) is 16.8. The average molecular weight is 398 g/mol. The van der Waals surface area contributed by atoms with Crippen LogP contribution in [0.4, 0.5) is 11.4 Å². The summed E-state index contributed by atoms with van der Waals surface area (Å²) in [5.41, 5.74) is 10.5. The fourth-order valence-corrected chi connectivity index (χ4v) is 3.59. The van der Waals surface area contributed by atoms with Gasteiger partial charge in [0.2, 0.25) is 0 Å². The molecule has 145 valence electrons. The zero-order valence-electron chi connectivity index (χ0n) is 17.0. The fraction of sp³-hybridized carbons (Fsp3) is 0.455. The third-order valence-electron chi connectivity index (χ3n) is 4.56. The molecular formula is C22H33CoN3. The molecule has 0 saturated heterocycles. The number of anilines is 2. The van der Waals surface area contributed by atoms with Crippen LogP contribution in [0.2, 0.25) is 0 Å². The Bertz CT molecular complexity index is 618. The molecule has 0 unspecified atom stereocenters. The van der Waals surface area contributed by atoms with Crippen LogP contribution in [-0.4, -0.2) is 26.2 Å². The quantitative estimate of drug-likeness (QED) is 0.567. The molecule has 1 radical (unpaired) electrons. The number of benzene rings is 2. The summed E-state index contributed by atoms with van der Waals surface area (Å²) in [5, 5.41) is 10.6. The summed E-state index contributed by atoms with van der Waals surface area (Å²) in [4.78, 5) is 0. The van der Waals surface area contributed by atoms with Crippen LogP contribution in [-0.2, 0) is 16.8 Å². The molecule has 3 nitrogen and oxygen atoms in total. The van der Waals surface area contributed by atoms with Crippen LogP contribution < -0.4 is 16.0 Å². The van der Waals surface area contributed by atoms with Crippen LogP contribution in [0.1, 0.15) is 33.4 Å². The molecule has 0 aromatic heterocycles. The van der Waals surface area contributed by atoms with E-state index >= 15 is 0 Å². The predicted molar refractivity (Wildman–Crippen MR) is 111 cm³/mol. The molecule has 0 bridgehead atoms. The van der Waals surface area contributed by atoms with E-state index in [1.54, 1.807) is 0 Å². The van der Waals surface area contributed by atoms with Gasteiger partial charge in [-0.1, -0.05) is 35.4 Å². The summed E-state index contributed by atoms with van der Waals surface area (Å²) in [6.07, 6.45) is 0. The van der Waals surface area contributed by atoms with Crippen molar-refractivity contribution in [2.45, 2.75) is 41.5 Å². The zero-order valence-corrected chi connectivity index (χ0v) is 18.0. The Morgan fingerprint density at radius 1 is 0.538 bits per heavy atom. The van der Waals surface area contributed by atoms with Gasteiger partial charge in [0, 0.05) is 54.3 Å². The van der Waals surface area contributed by atoms with Crippen LogP contribution in [0.5, 0.6) is 0 Å². The van der Waals surface area contributed by atoms with Gasteiger partial charge in [-0.3, -0.25) is 0 Å². The Morgan fingerprint density at radius 3 is 1.15 bits per heavy atom. The smallest absolute Gasteiger partial charge is 0.0400 e. The van der Waals surface area contributed by atoms with Crippen LogP contribution in [0.25, 0.3) is 0 Å². The van der Waals surface area contributed by atoms with Gasteiger partial charge in [0.25, 0.3) is 0 Å². The van der Waals surface area contributed by atoms with E-state index in [-0.39, 0.29) is 16.8 Å². The normalized spacial score (nSPS) is 10.4. The Kier molecular flexibility index (Phi) is 9.20. The standard InChI is InChI=1S/C22H33N3.Co/c1-15-11-17(3)21(18(4)12-15)24-9-7-23-8-10-25-22-19(5)13-16(2)14-20(22)6;/h11-14,23-25H,7-10H2,1-6H3;. The Labute approximate surface area is 169 Å². The van der Waals surface area contributed by atoms with Crippen molar-refractivity contribution in [1.29, 1.82) is 0 Å². The van der Waals surface area contributed by atoms with Crippen LogP contribution in [0.15, 0.2) is 24.3 Å². The van der Waals surface area contributed by atoms with E-state index < -0.39 is 0 Å². The minimum atomic E-state index is 0. The van der Waals surface area contributed by atoms with Gasteiger partial charge in [0.15, 0.2) is 0 Å². The molecule has 2 aromatic rings. The first kappa shape index (κ1) is 22.5. The second-order valence-corrected chi connectivity index (χ2v) is 7.15. The monoisotopic (exact) mass is 398 g/mol. The molecule has 0 fully saturated rings. The minimum absolute atomic E-state index is 0. The Morgan fingerprint density at radius 2 is 0.846 bits per heavy atom. The number of hydrogen-bond donors (Lipinski definition) is 3. The fourth-order valence-electron chi connectivity index (χ4n) is 3.59. The van der Waals surface area contributed by atoms with Crippen LogP contribution in [0.3, 0.4) is 0 Å². The van der Waals surface area contributed by atoms with Gasteiger partial charge in [-0.15, -0.1) is 0 Å². The van der Waals surface area contributed by atoms with Crippen molar-refractivity contribution in [2.75, 3.05) is 36.8 Å². The van der Waals surface area contributed by atoms with Crippen molar-refractivity contribution in [3.63, 3.8) is 0 Å². The Balaban J connectivity index is 0.00000338. The molecule has 0 aliphatic carbocycles. The molecule has 0 aliphatic rings. The molecule has 3 N–H and O–H groups in total. The molecule has 0 atom stereocenters. The minimum Gasteiger partial charge on any atom is -0.383 e. The molecule has 2 aromatic carbocycles. The largest absolute Gasteiger partial charge is 0.383 e. The maximum Gasteiger partial charge on any atom is 0.0400 e. The van der Waals surface area contributed by atoms with Gasteiger partial charge in [0.1, 0.15) is 0 Å².